The summed E-state index contributed by atoms with van der Waals surface area (Å²) in [6.07, 6.45) is 12.0. The fourth-order valence-electron chi connectivity index (χ4n) is 9.06. The minimum Gasteiger partial charge on any atom is -0.547 e. The number of fused-ring (bicyclic) bond motifs is 5. The number of ketones is 2. The molecule has 0 heterocycles. The van der Waals surface area contributed by atoms with Crippen LogP contribution in [0.4, 0.5) is 0 Å². The lowest BCUT2D eigenvalue weighted by Gasteiger charge is -2.56. The first-order valence-electron chi connectivity index (χ1n) is 14.3. The summed E-state index contributed by atoms with van der Waals surface area (Å²) >= 11 is 0. The molecule has 190 valence electrons. The van der Waals surface area contributed by atoms with E-state index in [1.807, 2.05) is 6.08 Å². The van der Waals surface area contributed by atoms with E-state index in [1.54, 1.807) is 0 Å². The van der Waals surface area contributed by atoms with Gasteiger partial charge in [0.15, 0.2) is 5.78 Å². The average Bonchev–Trinajstić information content (AvgIpc) is 3.11. The first kappa shape index (κ1) is 25.9. The number of hydrogen-bond acceptors (Lipinski definition) is 3. The Morgan fingerprint density at radius 1 is 0.971 bits per heavy atom. The lowest BCUT2D eigenvalue weighted by Crippen LogP contribution is -2.54. The number of Topliss-reactive ketones (excluding diaryl/α,β-unsaturated/α-hetero) is 1. The number of rotatable bonds is 8. The Hall–Kier alpha value is -1.16. The zero-order valence-corrected chi connectivity index (χ0v) is 23.7. The summed E-state index contributed by atoms with van der Waals surface area (Å²) in [6.45, 7) is 13.8. The van der Waals surface area contributed by atoms with Crippen LogP contribution in [0.25, 0.3) is 0 Å². The van der Waals surface area contributed by atoms with E-state index >= 15 is 0 Å². The van der Waals surface area contributed by atoms with Crippen molar-refractivity contribution >= 4 is 19.9 Å². The number of carbonyl (C=O) groups excluding carboxylic acids is 2. The van der Waals surface area contributed by atoms with Gasteiger partial charge in [0, 0.05) is 24.2 Å². The van der Waals surface area contributed by atoms with Crippen molar-refractivity contribution in [3.8, 4) is 0 Å². The van der Waals surface area contributed by atoms with Gasteiger partial charge in [0.2, 0.25) is 0 Å². The first-order chi connectivity index (χ1) is 16.1. The highest BCUT2D eigenvalue weighted by Gasteiger charge is 2.61. The van der Waals surface area contributed by atoms with Crippen molar-refractivity contribution in [3.63, 3.8) is 0 Å². The molecular formula is C30H48O3Si. The summed E-state index contributed by atoms with van der Waals surface area (Å²) in [5.41, 5.74) is 2.59. The second kappa shape index (κ2) is 9.71. The molecule has 3 saturated carbocycles. The van der Waals surface area contributed by atoms with Crippen molar-refractivity contribution in [3.05, 3.63) is 23.0 Å². The van der Waals surface area contributed by atoms with Gasteiger partial charge in [0.25, 0.3) is 8.32 Å². The SMILES string of the molecule is CCC[Si](CCC)(CCC)O/C(C)=C1/CCC2C3CCC4=CC(=O)CC[C@]4(C)C3C(=O)C[C@]12C. The highest BCUT2D eigenvalue weighted by molar-refractivity contribution is 6.74. The highest BCUT2D eigenvalue weighted by Crippen LogP contribution is 2.66. The maximum atomic E-state index is 13.9. The van der Waals surface area contributed by atoms with Gasteiger partial charge in [-0.05, 0) is 86.1 Å². The standard InChI is InChI=1S/C30H48O3Si/c1-7-16-34(17-8-2,18-9-3)33-21(4)25-12-13-26-24-11-10-22-19-23(31)14-15-29(22,5)28(24)27(32)20-30(25,26)6/h19,24,26,28H,7-18,20H2,1-6H3/b25-21-/t24?,26?,28?,29-,30+/m0/s1. The van der Waals surface area contributed by atoms with Crippen LogP contribution < -0.4 is 0 Å². The van der Waals surface area contributed by atoms with Crippen LogP contribution in [0, 0.1) is 28.6 Å². The predicted molar refractivity (Wildman–Crippen MR) is 142 cm³/mol. The second-order valence-electron chi connectivity index (χ2n) is 12.5. The van der Waals surface area contributed by atoms with Crippen molar-refractivity contribution in [2.45, 2.75) is 124 Å². The summed E-state index contributed by atoms with van der Waals surface area (Å²) in [4.78, 5) is 26.0. The third kappa shape index (κ3) is 4.20. The zero-order chi connectivity index (χ0) is 24.7. The average molecular weight is 485 g/mol. The Kier molecular flexibility index (Phi) is 7.40. The molecule has 0 aromatic heterocycles. The zero-order valence-electron chi connectivity index (χ0n) is 22.7. The van der Waals surface area contributed by atoms with Gasteiger partial charge in [0.05, 0.1) is 5.76 Å². The van der Waals surface area contributed by atoms with Crippen molar-refractivity contribution in [2.75, 3.05) is 0 Å². The molecule has 0 bridgehead atoms. The topological polar surface area (TPSA) is 43.4 Å². The van der Waals surface area contributed by atoms with E-state index in [0.717, 1.165) is 25.7 Å². The van der Waals surface area contributed by atoms with Crippen LogP contribution >= 0.6 is 0 Å². The largest absolute Gasteiger partial charge is 0.547 e. The van der Waals surface area contributed by atoms with Crippen molar-refractivity contribution < 1.29 is 14.0 Å². The van der Waals surface area contributed by atoms with E-state index in [4.69, 9.17) is 4.43 Å². The summed E-state index contributed by atoms with van der Waals surface area (Å²) in [5, 5.41) is 0. The van der Waals surface area contributed by atoms with Gasteiger partial charge in [-0.25, -0.2) is 0 Å². The maximum absolute atomic E-state index is 13.9. The van der Waals surface area contributed by atoms with E-state index in [2.05, 4.69) is 41.5 Å². The van der Waals surface area contributed by atoms with Crippen LogP contribution in [0.2, 0.25) is 18.1 Å². The van der Waals surface area contributed by atoms with Gasteiger partial charge < -0.3 is 4.43 Å². The molecule has 0 aromatic rings. The molecule has 4 rings (SSSR count). The number of carbonyl (C=O) groups is 2. The third-order valence-electron chi connectivity index (χ3n) is 10.4. The Bertz CT molecular complexity index is 868. The smallest absolute Gasteiger partial charge is 0.250 e. The molecule has 0 N–H and O–H groups in total. The molecule has 4 aliphatic rings. The summed E-state index contributed by atoms with van der Waals surface area (Å²) in [7, 11) is -1.79. The lowest BCUT2D eigenvalue weighted by atomic mass is 9.47. The maximum Gasteiger partial charge on any atom is 0.250 e. The van der Waals surface area contributed by atoms with Gasteiger partial charge in [-0.3, -0.25) is 9.59 Å². The van der Waals surface area contributed by atoms with Crippen molar-refractivity contribution in [2.24, 2.45) is 28.6 Å². The quantitative estimate of drug-likeness (QED) is 0.258. The van der Waals surface area contributed by atoms with Gasteiger partial charge >= 0.3 is 0 Å². The second-order valence-corrected chi connectivity index (χ2v) is 16.6. The predicted octanol–water partition coefficient (Wildman–Crippen LogP) is 8.16. The van der Waals surface area contributed by atoms with Crippen LogP contribution in [0.1, 0.15) is 106 Å². The third-order valence-corrected chi connectivity index (χ3v) is 15.3. The Morgan fingerprint density at radius 3 is 2.24 bits per heavy atom. The van der Waals surface area contributed by atoms with E-state index in [0.29, 0.717) is 30.5 Å². The molecule has 0 radical (unpaired) electrons. The molecular weight excluding hydrogens is 436 g/mol. The molecule has 4 aliphatic carbocycles. The molecule has 0 amide bonds. The normalized spacial score (nSPS) is 37.0. The van der Waals surface area contributed by atoms with Gasteiger partial charge in [-0.1, -0.05) is 59.5 Å². The minimum atomic E-state index is -1.79. The molecule has 34 heavy (non-hydrogen) atoms. The molecule has 3 fully saturated rings. The van der Waals surface area contributed by atoms with E-state index < -0.39 is 8.32 Å². The van der Waals surface area contributed by atoms with Crippen LogP contribution in [-0.4, -0.2) is 19.9 Å². The Labute approximate surface area is 209 Å². The minimum absolute atomic E-state index is 0.0464. The van der Waals surface area contributed by atoms with Crippen molar-refractivity contribution in [1.82, 2.24) is 0 Å². The fraction of sp³-hybridized carbons (Fsp3) is 0.800. The van der Waals surface area contributed by atoms with Crippen LogP contribution in [0.3, 0.4) is 0 Å². The molecule has 3 unspecified atom stereocenters. The van der Waals surface area contributed by atoms with E-state index in [9.17, 15) is 9.59 Å². The summed E-state index contributed by atoms with van der Waals surface area (Å²) in [6, 6.07) is 3.74. The monoisotopic (exact) mass is 484 g/mol. The van der Waals surface area contributed by atoms with Gasteiger partial charge in [0.1, 0.15) is 5.78 Å². The molecule has 0 aromatic carbocycles. The lowest BCUT2D eigenvalue weighted by molar-refractivity contribution is -0.142. The molecule has 3 nitrogen and oxygen atoms in total. The van der Waals surface area contributed by atoms with E-state index in [1.165, 1.54) is 60.7 Å². The number of hydrogen-bond donors (Lipinski definition) is 0. The molecule has 0 saturated heterocycles. The van der Waals surface area contributed by atoms with Crippen LogP contribution in [0.5, 0.6) is 0 Å². The summed E-state index contributed by atoms with van der Waals surface area (Å²) in [5.74, 6) is 3.03. The van der Waals surface area contributed by atoms with E-state index in [-0.39, 0.29) is 22.5 Å². The first-order valence-corrected chi connectivity index (χ1v) is 16.8. The van der Waals surface area contributed by atoms with Crippen molar-refractivity contribution in [1.29, 1.82) is 0 Å². The van der Waals surface area contributed by atoms with Crippen LogP contribution in [0.15, 0.2) is 23.0 Å². The molecule has 0 spiro atoms. The molecule has 5 atom stereocenters. The van der Waals surface area contributed by atoms with Gasteiger partial charge in [-0.2, -0.15) is 0 Å². The Balaban J connectivity index is 1.65. The molecule has 4 heteroatoms. The van der Waals surface area contributed by atoms with Crippen LogP contribution in [-0.2, 0) is 14.0 Å². The van der Waals surface area contributed by atoms with Gasteiger partial charge in [-0.15, -0.1) is 0 Å². The molecule has 0 aliphatic heterocycles. The Morgan fingerprint density at radius 2 is 1.62 bits per heavy atom. The fourth-order valence-corrected chi connectivity index (χ4v) is 13.6. The highest BCUT2D eigenvalue weighted by atomic mass is 28.4. The summed E-state index contributed by atoms with van der Waals surface area (Å²) < 4.78 is 7.11. The number of allylic oxidation sites excluding steroid dienone is 3.